The van der Waals surface area contributed by atoms with Gasteiger partial charge in [0.25, 0.3) is 0 Å². The summed E-state index contributed by atoms with van der Waals surface area (Å²) in [6.45, 7) is 4.31. The number of amides is 1. The Balaban J connectivity index is 3.42. The predicted molar refractivity (Wildman–Crippen MR) is 267 cm³/mol. The highest BCUT2D eigenvalue weighted by Gasteiger charge is 2.18. The SMILES string of the molecule is CCCCCCCCC/C=C/CC/C=C/C(O)C(CO)NC(=O)CCCCCCCCCCCCCCCCCCC/C=C\CCCCCCCCCCCCCCCC. The first kappa shape index (κ1) is 58.6. The number of aliphatic hydroxyl groups is 2. The van der Waals surface area contributed by atoms with Crippen molar-refractivity contribution < 1.29 is 15.0 Å². The van der Waals surface area contributed by atoms with E-state index in [1.807, 2.05) is 6.08 Å². The Hall–Kier alpha value is -1.39. The monoisotopic (exact) mass is 842 g/mol. The van der Waals surface area contributed by atoms with Crippen molar-refractivity contribution in [3.63, 3.8) is 0 Å². The van der Waals surface area contributed by atoms with Gasteiger partial charge in [0, 0.05) is 6.42 Å². The van der Waals surface area contributed by atoms with E-state index in [4.69, 9.17) is 0 Å². The molecule has 0 radical (unpaired) electrons. The average Bonchev–Trinajstić information content (AvgIpc) is 3.25. The van der Waals surface area contributed by atoms with Crippen LogP contribution in [-0.2, 0) is 4.79 Å². The quantitative estimate of drug-likeness (QED) is 0.0422. The molecule has 0 saturated carbocycles. The van der Waals surface area contributed by atoms with Gasteiger partial charge in [-0.1, -0.05) is 269 Å². The molecule has 0 bridgehead atoms. The highest BCUT2D eigenvalue weighted by Crippen LogP contribution is 2.17. The van der Waals surface area contributed by atoms with Gasteiger partial charge in [0.2, 0.25) is 5.91 Å². The Kier molecular flexibility index (Phi) is 50.8. The molecule has 2 unspecified atom stereocenters. The number of hydrogen-bond acceptors (Lipinski definition) is 3. The Morgan fingerprint density at radius 2 is 0.650 bits per heavy atom. The topological polar surface area (TPSA) is 69.6 Å². The van der Waals surface area contributed by atoms with Gasteiger partial charge in [-0.15, -0.1) is 0 Å². The number of carbonyl (C=O) groups is 1. The molecular formula is C56H107NO3. The van der Waals surface area contributed by atoms with Crippen molar-refractivity contribution in [3.8, 4) is 0 Å². The molecule has 60 heavy (non-hydrogen) atoms. The Bertz CT molecular complexity index is 912. The second-order valence-corrected chi connectivity index (χ2v) is 18.6. The zero-order valence-corrected chi connectivity index (χ0v) is 40.7. The van der Waals surface area contributed by atoms with Gasteiger partial charge in [-0.05, 0) is 57.8 Å². The summed E-state index contributed by atoms with van der Waals surface area (Å²) >= 11 is 0. The summed E-state index contributed by atoms with van der Waals surface area (Å²) in [5.74, 6) is -0.0708. The van der Waals surface area contributed by atoms with E-state index in [0.29, 0.717) is 6.42 Å². The lowest BCUT2D eigenvalue weighted by atomic mass is 10.0. The van der Waals surface area contributed by atoms with Crippen molar-refractivity contribution in [2.75, 3.05) is 6.61 Å². The van der Waals surface area contributed by atoms with Crippen LogP contribution < -0.4 is 5.32 Å². The van der Waals surface area contributed by atoms with Crippen LogP contribution >= 0.6 is 0 Å². The molecule has 4 nitrogen and oxygen atoms in total. The predicted octanol–water partition coefficient (Wildman–Crippen LogP) is 17.7. The first-order valence-corrected chi connectivity index (χ1v) is 27.2. The minimum atomic E-state index is -0.859. The van der Waals surface area contributed by atoms with Gasteiger partial charge in [-0.25, -0.2) is 0 Å². The summed E-state index contributed by atoms with van der Waals surface area (Å²) in [5, 5.41) is 23.0. The van der Waals surface area contributed by atoms with Crippen LogP contribution in [0.5, 0.6) is 0 Å². The standard InChI is InChI=1S/C56H107NO3/c1-3-5-7-9-11-13-15-17-18-19-20-21-22-23-24-25-26-27-28-29-30-31-32-33-34-35-36-37-38-40-42-44-46-48-50-52-56(60)57-54(53-58)55(59)51-49-47-45-43-41-39-16-14-12-10-8-6-4-2/h25-26,41,43,49,51,54-55,58-59H,3-24,27-40,42,44-48,50,52-53H2,1-2H3,(H,57,60)/b26-25-,43-41+,51-49+. The van der Waals surface area contributed by atoms with E-state index in [-0.39, 0.29) is 12.5 Å². The maximum Gasteiger partial charge on any atom is 0.220 e. The molecule has 0 aromatic rings. The number of unbranched alkanes of at least 4 members (excludes halogenated alkanes) is 39. The molecule has 0 aromatic heterocycles. The second-order valence-electron chi connectivity index (χ2n) is 18.6. The first-order valence-electron chi connectivity index (χ1n) is 27.2. The highest BCUT2D eigenvalue weighted by molar-refractivity contribution is 5.76. The molecular weight excluding hydrogens is 735 g/mol. The van der Waals surface area contributed by atoms with Gasteiger partial charge in [-0.2, -0.15) is 0 Å². The summed E-state index contributed by atoms with van der Waals surface area (Å²) in [4.78, 5) is 12.4. The number of allylic oxidation sites excluding steroid dienone is 5. The van der Waals surface area contributed by atoms with Crippen molar-refractivity contribution in [3.05, 3.63) is 36.5 Å². The lowest BCUT2D eigenvalue weighted by Crippen LogP contribution is -2.45. The van der Waals surface area contributed by atoms with Gasteiger partial charge in [0.1, 0.15) is 0 Å². The highest BCUT2D eigenvalue weighted by atomic mass is 16.3. The smallest absolute Gasteiger partial charge is 0.220 e. The zero-order chi connectivity index (χ0) is 43.5. The number of nitrogens with one attached hydrogen (secondary N) is 1. The number of rotatable bonds is 50. The summed E-state index contributed by atoms with van der Waals surface area (Å²) in [7, 11) is 0. The van der Waals surface area contributed by atoms with Crippen molar-refractivity contribution in [2.45, 2.75) is 309 Å². The van der Waals surface area contributed by atoms with Crippen LogP contribution in [0.25, 0.3) is 0 Å². The maximum absolute atomic E-state index is 12.4. The molecule has 3 N–H and O–H groups in total. The molecule has 0 aliphatic carbocycles. The lowest BCUT2D eigenvalue weighted by Gasteiger charge is -2.19. The number of carbonyl (C=O) groups excluding carboxylic acids is 1. The minimum Gasteiger partial charge on any atom is -0.394 e. The van der Waals surface area contributed by atoms with Gasteiger partial charge in [0.05, 0.1) is 18.8 Å². The Morgan fingerprint density at radius 1 is 0.383 bits per heavy atom. The summed E-state index contributed by atoms with van der Waals surface area (Å²) in [5.41, 5.74) is 0. The van der Waals surface area contributed by atoms with Crippen LogP contribution in [0.15, 0.2) is 36.5 Å². The molecule has 2 atom stereocenters. The summed E-state index contributed by atoms with van der Waals surface area (Å²) < 4.78 is 0. The minimum absolute atomic E-state index is 0.0708. The van der Waals surface area contributed by atoms with E-state index in [1.165, 1.54) is 244 Å². The van der Waals surface area contributed by atoms with Crippen LogP contribution in [0.3, 0.4) is 0 Å². The largest absolute Gasteiger partial charge is 0.394 e. The first-order chi connectivity index (χ1) is 29.7. The molecule has 0 rings (SSSR count). The fraction of sp³-hybridized carbons (Fsp3) is 0.875. The van der Waals surface area contributed by atoms with Gasteiger partial charge in [-0.3, -0.25) is 4.79 Å². The molecule has 0 spiro atoms. The third-order valence-electron chi connectivity index (χ3n) is 12.6. The Labute approximate surface area is 376 Å². The van der Waals surface area contributed by atoms with Gasteiger partial charge < -0.3 is 15.5 Å². The van der Waals surface area contributed by atoms with E-state index >= 15 is 0 Å². The maximum atomic E-state index is 12.4. The number of aliphatic hydroxyl groups excluding tert-OH is 2. The molecule has 0 fully saturated rings. The molecule has 354 valence electrons. The third kappa shape index (κ3) is 47.7. The second kappa shape index (κ2) is 52.0. The van der Waals surface area contributed by atoms with Crippen LogP contribution in [0.4, 0.5) is 0 Å². The van der Waals surface area contributed by atoms with Crippen LogP contribution in [-0.4, -0.2) is 34.9 Å². The molecule has 4 heteroatoms. The lowest BCUT2D eigenvalue weighted by molar-refractivity contribution is -0.123. The van der Waals surface area contributed by atoms with Crippen LogP contribution in [0.2, 0.25) is 0 Å². The molecule has 0 saturated heterocycles. The van der Waals surface area contributed by atoms with Gasteiger partial charge >= 0.3 is 0 Å². The van der Waals surface area contributed by atoms with Crippen molar-refractivity contribution in [2.24, 2.45) is 0 Å². The summed E-state index contributed by atoms with van der Waals surface area (Å²) in [6.07, 6.45) is 70.3. The van der Waals surface area contributed by atoms with E-state index < -0.39 is 12.1 Å². The summed E-state index contributed by atoms with van der Waals surface area (Å²) in [6, 6.07) is -0.636. The van der Waals surface area contributed by atoms with E-state index in [2.05, 4.69) is 43.5 Å². The van der Waals surface area contributed by atoms with Crippen LogP contribution in [0.1, 0.15) is 296 Å². The molecule has 0 aromatic carbocycles. The molecule has 1 amide bonds. The van der Waals surface area contributed by atoms with Gasteiger partial charge in [0.15, 0.2) is 0 Å². The van der Waals surface area contributed by atoms with E-state index in [0.717, 1.165) is 32.1 Å². The Morgan fingerprint density at radius 3 is 0.967 bits per heavy atom. The van der Waals surface area contributed by atoms with E-state index in [9.17, 15) is 15.0 Å². The molecule has 0 aliphatic heterocycles. The fourth-order valence-electron chi connectivity index (χ4n) is 8.43. The molecule has 0 heterocycles. The van der Waals surface area contributed by atoms with Crippen LogP contribution in [0, 0.1) is 0 Å². The van der Waals surface area contributed by atoms with Crippen molar-refractivity contribution in [1.29, 1.82) is 0 Å². The molecule has 0 aliphatic rings. The number of hydrogen-bond donors (Lipinski definition) is 3. The fourth-order valence-corrected chi connectivity index (χ4v) is 8.43. The average molecular weight is 842 g/mol. The van der Waals surface area contributed by atoms with Crippen molar-refractivity contribution >= 4 is 5.91 Å². The van der Waals surface area contributed by atoms with Crippen molar-refractivity contribution in [1.82, 2.24) is 5.32 Å². The van der Waals surface area contributed by atoms with E-state index in [1.54, 1.807) is 6.08 Å². The zero-order valence-electron chi connectivity index (χ0n) is 40.7. The third-order valence-corrected chi connectivity index (χ3v) is 12.6. The normalized spacial score (nSPS) is 13.1.